The first-order valence-corrected chi connectivity index (χ1v) is 8.61. The molecule has 2 unspecified atom stereocenters. The summed E-state index contributed by atoms with van der Waals surface area (Å²) >= 11 is 0. The molecule has 1 aromatic rings. The van der Waals surface area contributed by atoms with Crippen LogP contribution in [0.25, 0.3) is 0 Å². The fraction of sp³-hybridized carbons (Fsp3) is 0.600. The lowest BCUT2D eigenvalue weighted by molar-refractivity contribution is -0.217. The Balaban J connectivity index is 1.70. The van der Waals surface area contributed by atoms with E-state index in [2.05, 4.69) is 0 Å². The van der Waals surface area contributed by atoms with E-state index in [0.717, 1.165) is 5.56 Å². The molecule has 1 N–H and O–H groups in total. The zero-order valence-corrected chi connectivity index (χ0v) is 13.8. The van der Waals surface area contributed by atoms with E-state index in [4.69, 9.17) is 19.8 Å². The van der Waals surface area contributed by atoms with Crippen molar-refractivity contribution in [3.8, 4) is 0 Å². The first-order chi connectivity index (χ1) is 11.1. The average Bonchev–Trinajstić information content (AvgIpc) is 2.92. The van der Waals surface area contributed by atoms with Crippen LogP contribution in [0.2, 0.25) is 0 Å². The first kappa shape index (κ1) is 15.5. The maximum Gasteiger partial charge on any atom is 0.297 e. The maximum atomic E-state index is 12.2. The lowest BCUT2D eigenvalue weighted by Crippen LogP contribution is -2.37. The topological polar surface area (TPSA) is 91.3 Å². The summed E-state index contributed by atoms with van der Waals surface area (Å²) in [5.74, 6) is -0.909. The van der Waals surface area contributed by atoms with Gasteiger partial charge in [0, 0.05) is 0 Å². The Hall–Kier alpha value is -1.03. The number of aliphatic hydroxyl groups is 1. The van der Waals surface area contributed by atoms with Crippen LogP contribution in [0.15, 0.2) is 29.2 Å². The van der Waals surface area contributed by atoms with Crippen LogP contribution in [-0.2, 0) is 28.5 Å². The Morgan fingerprint density at radius 1 is 1.30 bits per heavy atom. The van der Waals surface area contributed by atoms with Crippen molar-refractivity contribution >= 4 is 10.1 Å². The number of aryl methyl sites for hydroxylation is 1. The van der Waals surface area contributed by atoms with Gasteiger partial charge in [-0.25, -0.2) is 0 Å². The van der Waals surface area contributed by atoms with Crippen molar-refractivity contribution in [2.24, 2.45) is 0 Å². The van der Waals surface area contributed by atoms with Crippen molar-refractivity contribution < 1.29 is 33.3 Å². The highest BCUT2D eigenvalue weighted by Gasteiger charge is 2.54. The van der Waals surface area contributed by atoms with Crippen molar-refractivity contribution in [2.75, 3.05) is 6.58 Å². The van der Waals surface area contributed by atoms with Gasteiger partial charge in [-0.2, -0.15) is 8.42 Å². The van der Waals surface area contributed by atoms with Gasteiger partial charge in [0.25, 0.3) is 10.1 Å². The highest BCUT2D eigenvalue weighted by Crippen LogP contribution is 2.37. The lowest BCUT2D eigenvalue weighted by atomic mass is 10.1. The van der Waals surface area contributed by atoms with Gasteiger partial charge in [0.1, 0.15) is 18.3 Å². The third-order valence-electron chi connectivity index (χ3n) is 3.68. The fourth-order valence-electron chi connectivity index (χ4n) is 2.52. The highest BCUT2D eigenvalue weighted by molar-refractivity contribution is 7.86. The van der Waals surface area contributed by atoms with Crippen molar-refractivity contribution in [2.45, 2.75) is 56.1 Å². The van der Waals surface area contributed by atoms with Crippen molar-refractivity contribution in [1.82, 2.24) is 0 Å². The second-order valence-corrected chi connectivity index (χ2v) is 7.63. The zero-order valence-electron chi connectivity index (χ0n) is 14.0. The summed E-state index contributed by atoms with van der Waals surface area (Å²) in [4.78, 5) is -0.0633. The molecular weight excluding hydrogens is 324 g/mol. The molecule has 0 bridgehead atoms. The standard InChI is InChI=1S/C15H20O7S/c1-9-4-6-10(7-5-9)23(17,18)19-8-11-12(16)13-14(20-11)22-15(2,3)21-13/h4-7,11-14,16H,8H2,1-3H3/t11-,12?,13+,14-/m1/s1/i8D/t8?,11-,12?,13+,14-. The Labute approximate surface area is 136 Å². The number of benzene rings is 1. The number of fused-ring (bicyclic) bond motifs is 1. The van der Waals surface area contributed by atoms with Crippen LogP contribution < -0.4 is 0 Å². The molecule has 5 atom stereocenters. The molecule has 0 spiro atoms. The van der Waals surface area contributed by atoms with Crippen LogP contribution in [0.5, 0.6) is 0 Å². The van der Waals surface area contributed by atoms with Gasteiger partial charge in [0.2, 0.25) is 0 Å². The quantitative estimate of drug-likeness (QED) is 0.812. The minimum absolute atomic E-state index is 0.0633. The number of rotatable bonds is 4. The molecule has 2 aliphatic heterocycles. The summed E-state index contributed by atoms with van der Waals surface area (Å²) in [6.07, 6.45) is -4.08. The molecule has 0 aromatic heterocycles. The van der Waals surface area contributed by atoms with E-state index in [-0.39, 0.29) is 4.90 Å². The lowest BCUT2D eigenvalue weighted by Gasteiger charge is -2.22. The van der Waals surface area contributed by atoms with Crippen molar-refractivity contribution in [1.29, 1.82) is 0 Å². The summed E-state index contributed by atoms with van der Waals surface area (Å²) < 4.78 is 53.6. The van der Waals surface area contributed by atoms with Gasteiger partial charge < -0.3 is 19.3 Å². The molecule has 1 aromatic carbocycles. The Morgan fingerprint density at radius 3 is 2.57 bits per heavy atom. The van der Waals surface area contributed by atoms with Gasteiger partial charge in [0.05, 0.1) is 12.8 Å². The van der Waals surface area contributed by atoms with Gasteiger partial charge in [-0.1, -0.05) is 17.7 Å². The monoisotopic (exact) mass is 345 g/mol. The number of aliphatic hydroxyl groups excluding tert-OH is 1. The molecule has 0 saturated carbocycles. The number of ether oxygens (including phenoxy) is 3. The van der Waals surface area contributed by atoms with Gasteiger partial charge in [-0.3, -0.25) is 4.18 Å². The Bertz CT molecular complexity index is 703. The third-order valence-corrected chi connectivity index (χ3v) is 4.89. The number of hydrogen-bond acceptors (Lipinski definition) is 7. The smallest absolute Gasteiger partial charge is 0.297 e. The maximum absolute atomic E-state index is 12.2. The molecule has 23 heavy (non-hydrogen) atoms. The van der Waals surface area contributed by atoms with E-state index in [9.17, 15) is 13.5 Å². The van der Waals surface area contributed by atoms with Crippen LogP contribution in [-0.4, -0.2) is 50.5 Å². The van der Waals surface area contributed by atoms with E-state index in [0.29, 0.717) is 0 Å². The van der Waals surface area contributed by atoms with E-state index in [1.54, 1.807) is 26.0 Å². The van der Waals surface area contributed by atoms with Gasteiger partial charge in [-0.05, 0) is 32.9 Å². The predicted molar refractivity (Wildman–Crippen MR) is 79.0 cm³/mol. The van der Waals surface area contributed by atoms with Gasteiger partial charge in [0.15, 0.2) is 12.1 Å². The van der Waals surface area contributed by atoms with Crippen LogP contribution in [0.4, 0.5) is 0 Å². The average molecular weight is 345 g/mol. The second-order valence-electron chi connectivity index (χ2n) is 6.06. The molecule has 8 heteroatoms. The molecule has 2 saturated heterocycles. The molecule has 2 fully saturated rings. The fourth-order valence-corrected chi connectivity index (χ4v) is 3.35. The zero-order chi connectivity index (χ0) is 17.7. The molecule has 2 heterocycles. The van der Waals surface area contributed by atoms with E-state index >= 15 is 0 Å². The van der Waals surface area contributed by atoms with E-state index in [1.807, 2.05) is 6.92 Å². The summed E-state index contributed by atoms with van der Waals surface area (Å²) in [6.45, 7) is 3.53. The van der Waals surface area contributed by atoms with Crippen LogP contribution in [0.1, 0.15) is 20.8 Å². The predicted octanol–water partition coefficient (Wildman–Crippen LogP) is 0.938. The molecule has 3 rings (SSSR count). The second kappa shape index (κ2) is 5.80. The third kappa shape index (κ3) is 3.42. The van der Waals surface area contributed by atoms with E-state index < -0.39 is 47.1 Å². The van der Waals surface area contributed by atoms with Gasteiger partial charge in [-0.15, -0.1) is 0 Å². The summed E-state index contributed by atoms with van der Waals surface area (Å²) in [7, 11) is -4.14. The van der Waals surface area contributed by atoms with Crippen LogP contribution in [0.3, 0.4) is 0 Å². The molecule has 0 radical (unpaired) electrons. The molecular formula is C15H20O7S. The van der Waals surface area contributed by atoms with E-state index in [1.165, 1.54) is 12.1 Å². The molecule has 7 nitrogen and oxygen atoms in total. The minimum Gasteiger partial charge on any atom is -0.387 e. The molecule has 0 amide bonds. The first-order valence-electron chi connectivity index (χ1n) is 7.78. The summed E-state index contributed by atoms with van der Waals surface area (Å²) in [5, 5.41) is 10.2. The van der Waals surface area contributed by atoms with Gasteiger partial charge >= 0.3 is 0 Å². The van der Waals surface area contributed by atoms with Crippen molar-refractivity contribution in [3.05, 3.63) is 29.8 Å². The van der Waals surface area contributed by atoms with Crippen LogP contribution in [0, 0.1) is 6.92 Å². The molecule has 2 aliphatic rings. The Morgan fingerprint density at radius 2 is 1.96 bits per heavy atom. The normalized spacial score (nSPS) is 34.9. The molecule has 0 aliphatic carbocycles. The molecule has 128 valence electrons. The minimum atomic E-state index is -4.14. The van der Waals surface area contributed by atoms with Crippen LogP contribution >= 0.6 is 0 Å². The van der Waals surface area contributed by atoms with Crippen molar-refractivity contribution in [3.63, 3.8) is 0 Å². The largest absolute Gasteiger partial charge is 0.387 e. The summed E-state index contributed by atoms with van der Waals surface area (Å²) in [5.41, 5.74) is 0.899. The summed E-state index contributed by atoms with van der Waals surface area (Å²) in [6, 6.07) is 6.05. The SMILES string of the molecule is [2H]C(OS(=O)(=O)c1ccc(C)cc1)[C@H]1O[C@@H]2OC(C)(C)O[C@H]2C1O. The Kier molecular flexibility index (Phi) is 3.91. The highest BCUT2D eigenvalue weighted by atomic mass is 32.2. The number of hydrogen-bond donors (Lipinski definition) is 1.